The predicted molar refractivity (Wildman–Crippen MR) is 147 cm³/mol. The van der Waals surface area contributed by atoms with Crippen molar-refractivity contribution in [2.24, 2.45) is 5.41 Å². The number of rotatable bonds is 6. The average molecular weight is 556 g/mol. The molecule has 7 nitrogen and oxygen atoms in total. The molecule has 4 atom stereocenters. The molecule has 3 fully saturated rings. The van der Waals surface area contributed by atoms with Gasteiger partial charge in [0.1, 0.15) is 11.5 Å². The highest BCUT2D eigenvalue weighted by Crippen LogP contribution is 2.68. The van der Waals surface area contributed by atoms with Crippen LogP contribution in [0.25, 0.3) is 0 Å². The number of esters is 1. The van der Waals surface area contributed by atoms with E-state index in [0.717, 1.165) is 11.1 Å². The molecule has 2 heterocycles. The molecule has 2 saturated heterocycles. The first-order chi connectivity index (χ1) is 17.6. The molecule has 0 N–H and O–H groups in total. The molecule has 1 spiro atoms. The van der Waals surface area contributed by atoms with E-state index >= 15 is 0 Å². The van der Waals surface area contributed by atoms with Crippen LogP contribution in [0, 0.1) is 5.41 Å². The maximum atomic E-state index is 13.9. The predicted octanol–water partition coefficient (Wildman–Crippen LogP) is 4.84. The first-order valence-corrected chi connectivity index (χ1v) is 17.6. The van der Waals surface area contributed by atoms with E-state index in [-0.39, 0.29) is 10.9 Å². The highest BCUT2D eigenvalue weighted by molar-refractivity contribution is 7.94. The van der Waals surface area contributed by atoms with Crippen LogP contribution in [-0.2, 0) is 28.6 Å². The van der Waals surface area contributed by atoms with Crippen molar-refractivity contribution < 1.29 is 27.2 Å². The van der Waals surface area contributed by atoms with Crippen molar-refractivity contribution in [3.8, 4) is 0 Å². The van der Waals surface area contributed by atoms with Crippen LogP contribution in [0.2, 0.25) is 18.1 Å². The van der Waals surface area contributed by atoms with Crippen LogP contribution < -0.4 is 0 Å². The summed E-state index contributed by atoms with van der Waals surface area (Å²) < 4.78 is 38.8. The first kappa shape index (κ1) is 27.1. The van der Waals surface area contributed by atoms with Crippen molar-refractivity contribution in [1.29, 1.82) is 0 Å². The van der Waals surface area contributed by atoms with Gasteiger partial charge in [0.25, 0.3) is 0 Å². The lowest BCUT2D eigenvalue weighted by atomic mass is 9.89. The standard InChI is InChI=1S/C29H37NO6SSi/c1-27(2,3)38(6,7)36-21-18-29(21)25(32)30-23(28(4,5)37(33,34)26(29)30)24(31)35-22(19-14-10-8-11-15-19)20-16-12-9-13-17-20/h8-17,21-23,26H,18H2,1-7H3/t21-,23-,26+,29-/m0/s1. The molecule has 204 valence electrons. The molecular weight excluding hydrogens is 518 g/mol. The summed E-state index contributed by atoms with van der Waals surface area (Å²) in [5.74, 6) is -1.04. The van der Waals surface area contributed by atoms with E-state index in [2.05, 4.69) is 33.9 Å². The number of sulfone groups is 1. The summed E-state index contributed by atoms with van der Waals surface area (Å²) >= 11 is 0. The Morgan fingerprint density at radius 2 is 1.50 bits per heavy atom. The molecule has 1 aliphatic carbocycles. The number of benzene rings is 2. The Morgan fingerprint density at radius 1 is 1.00 bits per heavy atom. The monoisotopic (exact) mass is 555 g/mol. The summed E-state index contributed by atoms with van der Waals surface area (Å²) in [4.78, 5) is 28.8. The molecule has 0 unspecified atom stereocenters. The summed E-state index contributed by atoms with van der Waals surface area (Å²) in [6.07, 6.45) is -0.810. The first-order valence-electron chi connectivity index (χ1n) is 13.1. The van der Waals surface area contributed by atoms with Crippen molar-refractivity contribution in [3.05, 3.63) is 71.8 Å². The minimum absolute atomic E-state index is 0.0761. The van der Waals surface area contributed by atoms with Gasteiger partial charge in [0.15, 0.2) is 29.6 Å². The molecule has 38 heavy (non-hydrogen) atoms. The van der Waals surface area contributed by atoms with Crippen LogP contribution >= 0.6 is 0 Å². The van der Waals surface area contributed by atoms with Crippen LogP contribution in [0.3, 0.4) is 0 Å². The van der Waals surface area contributed by atoms with Crippen LogP contribution in [0.15, 0.2) is 60.7 Å². The van der Waals surface area contributed by atoms with Crippen molar-refractivity contribution in [3.63, 3.8) is 0 Å². The molecule has 0 bridgehead atoms. The van der Waals surface area contributed by atoms with E-state index < -0.39 is 57.9 Å². The zero-order chi connectivity index (χ0) is 27.9. The second-order valence-corrected chi connectivity index (χ2v) is 20.2. The van der Waals surface area contributed by atoms with Gasteiger partial charge >= 0.3 is 5.97 Å². The van der Waals surface area contributed by atoms with E-state index in [1.807, 2.05) is 60.7 Å². The highest BCUT2D eigenvalue weighted by atomic mass is 32.2. The van der Waals surface area contributed by atoms with Gasteiger partial charge in [0.2, 0.25) is 5.91 Å². The molecule has 2 aliphatic heterocycles. The fraction of sp³-hybridized carbons (Fsp3) is 0.517. The molecule has 1 saturated carbocycles. The number of carbonyl (C=O) groups excluding carboxylic acids is 2. The van der Waals surface area contributed by atoms with E-state index in [0.29, 0.717) is 6.42 Å². The maximum absolute atomic E-state index is 13.9. The van der Waals surface area contributed by atoms with Crippen molar-refractivity contribution in [2.45, 2.75) is 87.5 Å². The lowest BCUT2D eigenvalue weighted by Gasteiger charge is -2.45. The normalized spacial score (nSPS) is 29.2. The number of hydrogen-bond donors (Lipinski definition) is 0. The Kier molecular flexibility index (Phi) is 6.06. The van der Waals surface area contributed by atoms with Gasteiger partial charge in [-0.25, -0.2) is 13.2 Å². The summed E-state index contributed by atoms with van der Waals surface area (Å²) in [7, 11) is -6.11. The van der Waals surface area contributed by atoms with Gasteiger partial charge in [-0.3, -0.25) is 4.79 Å². The maximum Gasteiger partial charge on any atom is 0.331 e. The van der Waals surface area contributed by atoms with Crippen LogP contribution in [0.1, 0.15) is 58.3 Å². The molecule has 9 heteroatoms. The van der Waals surface area contributed by atoms with Gasteiger partial charge in [0.05, 0.1) is 10.9 Å². The Balaban J connectivity index is 1.45. The Labute approximate surface area is 226 Å². The van der Waals surface area contributed by atoms with E-state index in [4.69, 9.17) is 9.16 Å². The lowest BCUT2D eigenvalue weighted by Crippen LogP contribution is -2.67. The van der Waals surface area contributed by atoms with Gasteiger partial charge in [-0.2, -0.15) is 0 Å². The molecule has 1 amide bonds. The second-order valence-electron chi connectivity index (χ2n) is 12.9. The van der Waals surface area contributed by atoms with Gasteiger partial charge in [0, 0.05) is 0 Å². The van der Waals surface area contributed by atoms with E-state index in [1.54, 1.807) is 0 Å². The third-order valence-corrected chi connectivity index (χ3v) is 16.5. The smallest absolute Gasteiger partial charge is 0.331 e. The minimum atomic E-state index is -3.89. The van der Waals surface area contributed by atoms with Crippen molar-refractivity contribution in [2.75, 3.05) is 0 Å². The fourth-order valence-corrected chi connectivity index (χ4v) is 9.54. The van der Waals surface area contributed by atoms with Gasteiger partial charge in [-0.15, -0.1) is 0 Å². The molecule has 5 rings (SSSR count). The van der Waals surface area contributed by atoms with Gasteiger partial charge in [-0.1, -0.05) is 81.4 Å². The number of amides is 1. The Morgan fingerprint density at radius 3 is 1.97 bits per heavy atom. The molecule has 0 radical (unpaired) electrons. The largest absolute Gasteiger partial charge is 0.451 e. The molecule has 2 aromatic rings. The third-order valence-electron chi connectivity index (χ3n) is 9.13. The summed E-state index contributed by atoms with van der Waals surface area (Å²) in [6, 6.07) is 17.4. The summed E-state index contributed by atoms with van der Waals surface area (Å²) in [6.45, 7) is 13.6. The quantitative estimate of drug-likeness (QED) is 0.288. The molecule has 3 aliphatic rings. The third kappa shape index (κ3) is 3.72. The fourth-order valence-electron chi connectivity index (χ4n) is 5.67. The zero-order valence-corrected chi connectivity index (χ0v) is 24.9. The highest BCUT2D eigenvalue weighted by Gasteiger charge is 2.86. The van der Waals surface area contributed by atoms with Gasteiger partial charge in [-0.05, 0) is 49.5 Å². The van der Waals surface area contributed by atoms with Crippen LogP contribution in [0.4, 0.5) is 0 Å². The lowest BCUT2D eigenvalue weighted by molar-refractivity contribution is -0.172. The second kappa shape index (κ2) is 8.50. The summed E-state index contributed by atoms with van der Waals surface area (Å²) in [5, 5.41) is -1.15. The van der Waals surface area contributed by atoms with Crippen LogP contribution in [-0.4, -0.2) is 55.8 Å². The summed E-state index contributed by atoms with van der Waals surface area (Å²) in [5.41, 5.74) is 0.427. The zero-order valence-electron chi connectivity index (χ0n) is 23.1. The SMILES string of the molecule is CC(C)(C)[Si](C)(C)O[C@H]1C[C@@]12C(=O)N1[C@@H](C(=O)OC(c3ccccc3)c3ccccc3)C(C)(C)S(=O)(=O)[C@@H]12. The number of hydrogen-bond acceptors (Lipinski definition) is 6. The Bertz CT molecular complexity index is 1330. The number of ether oxygens (including phenoxy) is 1. The molecular formula is C29H37NO6SSi. The van der Waals surface area contributed by atoms with Crippen LogP contribution in [0.5, 0.6) is 0 Å². The topological polar surface area (TPSA) is 90.0 Å². The number of β-lactam (4-membered cyclic amide) rings is 1. The van der Waals surface area contributed by atoms with Crippen molar-refractivity contribution in [1.82, 2.24) is 4.90 Å². The van der Waals surface area contributed by atoms with E-state index in [1.165, 1.54) is 18.7 Å². The number of fused-ring (bicyclic) bond motifs is 2. The number of nitrogens with zero attached hydrogens (tertiary/aromatic N) is 1. The van der Waals surface area contributed by atoms with E-state index in [9.17, 15) is 18.0 Å². The van der Waals surface area contributed by atoms with Crippen molar-refractivity contribution >= 4 is 30.0 Å². The van der Waals surface area contributed by atoms with Gasteiger partial charge < -0.3 is 14.1 Å². The minimum Gasteiger partial charge on any atom is -0.451 e. The molecule has 2 aromatic carbocycles. The average Bonchev–Trinajstić information content (AvgIpc) is 3.53. The number of carbonyl (C=O) groups is 2. The molecule has 0 aromatic heterocycles. The Hall–Kier alpha value is -2.49.